The Hall–Kier alpha value is -1.48. The van der Waals surface area contributed by atoms with Crippen LogP contribution in [0.15, 0.2) is 41.4 Å². The number of rotatable bonds is 5. The molecule has 0 aliphatic heterocycles. The molecule has 2 N–H and O–H groups in total. The third-order valence-electron chi connectivity index (χ3n) is 4.85. The van der Waals surface area contributed by atoms with Crippen molar-refractivity contribution in [3.8, 4) is 5.69 Å². The first-order valence-electron chi connectivity index (χ1n) is 8.57. The smallest absolute Gasteiger partial charge is 0.253 e. The minimum absolute atomic E-state index is 0.0803. The van der Waals surface area contributed by atoms with E-state index in [0.29, 0.717) is 11.4 Å². The average Bonchev–Trinajstić information content (AvgIpc) is 2.92. The van der Waals surface area contributed by atoms with E-state index < -0.39 is 23.9 Å². The summed E-state index contributed by atoms with van der Waals surface area (Å²) in [5, 5.41) is 14.6. The van der Waals surface area contributed by atoms with E-state index in [9.17, 15) is 13.5 Å². The summed E-state index contributed by atoms with van der Waals surface area (Å²) >= 11 is 0. The summed E-state index contributed by atoms with van der Waals surface area (Å²) < 4.78 is 30.3. The number of benzene rings is 1. The Balaban J connectivity index is 2.56. The van der Waals surface area contributed by atoms with Crippen molar-refractivity contribution in [1.29, 1.82) is 0 Å². The van der Waals surface area contributed by atoms with Crippen LogP contribution in [0.1, 0.15) is 40.3 Å². The molecule has 2 rings (SSSR count). The summed E-state index contributed by atoms with van der Waals surface area (Å²) in [7, 11) is -6.11. The number of para-hydroxylation sites is 1. The molecule has 1 aromatic carbocycles. The number of sulfonamides is 1. The van der Waals surface area contributed by atoms with Crippen LogP contribution in [0.2, 0.25) is 18.1 Å². The molecule has 1 aromatic heterocycles. The Morgan fingerprint density at radius 2 is 1.62 bits per heavy atom. The molecule has 0 amide bonds. The summed E-state index contributed by atoms with van der Waals surface area (Å²) in [5.41, 5.74) is -0.133. The predicted molar refractivity (Wildman–Crippen MR) is 106 cm³/mol. The molecule has 0 saturated carbocycles. The average molecular weight is 396 g/mol. The molecule has 0 aliphatic rings. The topological polar surface area (TPSA) is 84.2 Å². The van der Waals surface area contributed by atoms with Crippen LogP contribution in [0.25, 0.3) is 5.69 Å². The highest BCUT2D eigenvalue weighted by Crippen LogP contribution is 2.35. The number of nitrogens with zero attached hydrogens (tertiary/aromatic N) is 2. The van der Waals surface area contributed by atoms with Gasteiger partial charge in [-0.25, -0.2) is 17.5 Å². The molecule has 0 spiro atoms. The summed E-state index contributed by atoms with van der Waals surface area (Å²) in [4.78, 5) is 0. The molecule has 26 heavy (non-hydrogen) atoms. The van der Waals surface area contributed by atoms with Gasteiger partial charge in [-0.15, -0.1) is 0 Å². The first-order chi connectivity index (χ1) is 11.7. The van der Waals surface area contributed by atoms with Crippen molar-refractivity contribution in [3.05, 3.63) is 42.1 Å². The lowest BCUT2D eigenvalue weighted by Crippen LogP contribution is -2.54. The second-order valence-electron chi connectivity index (χ2n) is 8.65. The van der Waals surface area contributed by atoms with Crippen molar-refractivity contribution in [3.63, 3.8) is 0 Å². The van der Waals surface area contributed by atoms with E-state index in [1.807, 2.05) is 64.2 Å². The molecular weight excluding hydrogens is 366 g/mol. The van der Waals surface area contributed by atoms with E-state index in [4.69, 9.17) is 0 Å². The maximum absolute atomic E-state index is 13.0. The Labute approximate surface area is 157 Å². The summed E-state index contributed by atoms with van der Waals surface area (Å²) in [6.07, 6.45) is 0. The van der Waals surface area contributed by atoms with Crippen LogP contribution in [-0.4, -0.2) is 31.5 Å². The van der Waals surface area contributed by atoms with Gasteiger partial charge in [0.15, 0.2) is 5.03 Å². The van der Waals surface area contributed by atoms with Crippen molar-refractivity contribution in [1.82, 2.24) is 14.2 Å². The zero-order chi connectivity index (χ0) is 20.0. The summed E-state index contributed by atoms with van der Waals surface area (Å²) in [5.74, 6) is 0. The maximum atomic E-state index is 13.0. The van der Waals surface area contributed by atoms with Crippen LogP contribution in [0, 0.1) is 0 Å². The van der Waals surface area contributed by atoms with E-state index in [-0.39, 0.29) is 10.1 Å². The molecule has 6 nitrogen and oxygen atoms in total. The van der Waals surface area contributed by atoms with Gasteiger partial charge in [0.05, 0.1) is 11.4 Å². The molecule has 2 aromatic rings. The van der Waals surface area contributed by atoms with Gasteiger partial charge in [0, 0.05) is 6.07 Å². The van der Waals surface area contributed by atoms with Gasteiger partial charge in [0.1, 0.15) is 13.8 Å². The highest BCUT2D eigenvalue weighted by molar-refractivity contribution is 7.90. The fourth-order valence-corrected chi connectivity index (χ4v) is 7.02. The Kier molecular flexibility index (Phi) is 5.28. The standard InChI is InChI=1S/C18H29N3O3SSi/c1-17(2,3)26(6,7)20-25(23,24)16-13-15(18(4,5)22)21(19-16)14-11-9-8-10-12-14/h8-13,20,22H,1-7H3. The monoisotopic (exact) mass is 395 g/mol. The first-order valence-corrected chi connectivity index (χ1v) is 13.1. The van der Waals surface area contributed by atoms with Crippen molar-refractivity contribution >= 4 is 18.3 Å². The van der Waals surface area contributed by atoms with E-state index in [1.165, 1.54) is 10.7 Å². The second kappa shape index (κ2) is 6.60. The lowest BCUT2D eigenvalue weighted by Gasteiger charge is -2.36. The minimum Gasteiger partial charge on any atom is -0.384 e. The quantitative estimate of drug-likeness (QED) is 0.760. The van der Waals surface area contributed by atoms with E-state index in [0.717, 1.165) is 0 Å². The maximum Gasteiger partial charge on any atom is 0.253 e. The van der Waals surface area contributed by atoms with Crippen LogP contribution in [0.5, 0.6) is 0 Å². The van der Waals surface area contributed by atoms with Gasteiger partial charge in [-0.05, 0) is 31.0 Å². The normalized spacial score (nSPS) is 13.8. The van der Waals surface area contributed by atoms with Gasteiger partial charge in [-0.3, -0.25) is 0 Å². The molecule has 0 saturated heterocycles. The highest BCUT2D eigenvalue weighted by atomic mass is 32.2. The lowest BCUT2D eigenvalue weighted by molar-refractivity contribution is 0.0711. The predicted octanol–water partition coefficient (Wildman–Crippen LogP) is 3.38. The van der Waals surface area contributed by atoms with E-state index >= 15 is 0 Å². The van der Waals surface area contributed by atoms with Gasteiger partial charge in [0.25, 0.3) is 10.0 Å². The first kappa shape index (κ1) is 20.8. The third kappa shape index (κ3) is 4.25. The number of nitrogens with one attached hydrogen (secondary N) is 1. The van der Waals surface area contributed by atoms with E-state index in [2.05, 4.69) is 9.49 Å². The van der Waals surface area contributed by atoms with Gasteiger partial charge in [0.2, 0.25) is 0 Å². The largest absolute Gasteiger partial charge is 0.384 e. The van der Waals surface area contributed by atoms with Gasteiger partial charge in [-0.2, -0.15) is 5.10 Å². The van der Waals surface area contributed by atoms with Crippen LogP contribution in [-0.2, 0) is 15.6 Å². The SMILES string of the molecule is CC(C)(O)c1cc(S(=O)(=O)N[Si](C)(C)C(C)(C)C)nn1-c1ccccc1. The van der Waals surface area contributed by atoms with Gasteiger partial charge >= 0.3 is 0 Å². The number of aromatic nitrogens is 2. The minimum atomic E-state index is -3.80. The molecule has 0 atom stereocenters. The number of hydrogen-bond donors (Lipinski definition) is 2. The fraction of sp³-hybridized carbons (Fsp3) is 0.500. The second-order valence-corrected chi connectivity index (χ2v) is 15.6. The molecule has 1 heterocycles. The van der Waals surface area contributed by atoms with Crippen LogP contribution in [0.4, 0.5) is 0 Å². The summed E-state index contributed by atoms with van der Waals surface area (Å²) in [6.45, 7) is 13.3. The molecule has 144 valence electrons. The van der Waals surface area contributed by atoms with Gasteiger partial charge in [-0.1, -0.05) is 52.1 Å². The Bertz CT molecular complexity index is 877. The summed E-state index contributed by atoms with van der Waals surface area (Å²) in [6, 6.07) is 10.6. The molecule has 0 aliphatic carbocycles. The van der Waals surface area contributed by atoms with Crippen molar-refractivity contribution in [2.75, 3.05) is 0 Å². The number of aliphatic hydroxyl groups is 1. The molecule has 0 bridgehead atoms. The lowest BCUT2D eigenvalue weighted by atomic mass is 10.1. The van der Waals surface area contributed by atoms with Crippen LogP contribution < -0.4 is 4.39 Å². The van der Waals surface area contributed by atoms with Crippen LogP contribution >= 0.6 is 0 Å². The van der Waals surface area contributed by atoms with Crippen molar-refractivity contribution in [2.24, 2.45) is 0 Å². The van der Waals surface area contributed by atoms with Crippen molar-refractivity contribution < 1.29 is 13.5 Å². The van der Waals surface area contributed by atoms with Gasteiger partial charge < -0.3 is 5.11 Å². The third-order valence-corrected chi connectivity index (χ3v) is 12.5. The molecule has 0 unspecified atom stereocenters. The zero-order valence-electron chi connectivity index (χ0n) is 16.5. The number of hydrogen-bond acceptors (Lipinski definition) is 4. The van der Waals surface area contributed by atoms with Crippen LogP contribution in [0.3, 0.4) is 0 Å². The highest BCUT2D eigenvalue weighted by Gasteiger charge is 2.40. The zero-order valence-corrected chi connectivity index (χ0v) is 18.3. The van der Waals surface area contributed by atoms with Crippen molar-refractivity contribution in [2.45, 2.75) is 63.4 Å². The molecule has 0 fully saturated rings. The fourth-order valence-electron chi connectivity index (χ4n) is 2.23. The molecular formula is C18H29N3O3SSi. The molecule has 8 heteroatoms. The molecule has 0 radical (unpaired) electrons. The Morgan fingerprint density at radius 3 is 2.08 bits per heavy atom. The Morgan fingerprint density at radius 1 is 1.08 bits per heavy atom. The van der Waals surface area contributed by atoms with E-state index in [1.54, 1.807) is 13.8 Å².